The third-order valence-corrected chi connectivity index (χ3v) is 2.97. The van der Waals surface area contributed by atoms with Crippen LogP contribution in [-0.2, 0) is 10.8 Å². The molecule has 0 saturated carbocycles. The molecule has 1 aromatic heterocycles. The molecule has 0 saturated heterocycles. The molecular formula is C9H13BrN2OS. The molecule has 1 heterocycles. The second-order valence-electron chi connectivity index (χ2n) is 2.92. The van der Waals surface area contributed by atoms with Crippen molar-refractivity contribution in [2.45, 2.75) is 6.42 Å². The number of hydrogen-bond donors (Lipinski definition) is 1. The van der Waals surface area contributed by atoms with E-state index in [4.69, 9.17) is 0 Å². The molecule has 1 aromatic rings. The molecule has 0 aliphatic carbocycles. The van der Waals surface area contributed by atoms with Crippen LogP contribution in [0, 0.1) is 0 Å². The molecule has 0 aliphatic rings. The standard InChI is InChI=1S/C9H13BrN2OS/c1-14(13)6-2-5-11-9-4-3-8(10)7-12-9/h3-4,7H,2,5-6H2,1H3,(H,11,12). The summed E-state index contributed by atoms with van der Waals surface area (Å²) >= 11 is 3.32. The Morgan fingerprint density at radius 1 is 1.57 bits per heavy atom. The Morgan fingerprint density at radius 3 is 2.93 bits per heavy atom. The second kappa shape index (κ2) is 6.14. The van der Waals surface area contributed by atoms with Gasteiger partial charge in [-0.25, -0.2) is 4.98 Å². The van der Waals surface area contributed by atoms with Gasteiger partial charge >= 0.3 is 0 Å². The van der Waals surface area contributed by atoms with E-state index in [2.05, 4.69) is 26.2 Å². The summed E-state index contributed by atoms with van der Waals surface area (Å²) in [5, 5.41) is 3.16. The van der Waals surface area contributed by atoms with Crippen molar-refractivity contribution in [3.05, 3.63) is 22.8 Å². The molecule has 1 unspecified atom stereocenters. The van der Waals surface area contributed by atoms with Crippen molar-refractivity contribution in [1.82, 2.24) is 4.98 Å². The van der Waals surface area contributed by atoms with Crippen LogP contribution in [0.4, 0.5) is 5.82 Å². The van der Waals surface area contributed by atoms with Crippen LogP contribution in [0.15, 0.2) is 22.8 Å². The topological polar surface area (TPSA) is 42.0 Å². The lowest BCUT2D eigenvalue weighted by Crippen LogP contribution is -2.06. The fraction of sp³-hybridized carbons (Fsp3) is 0.444. The van der Waals surface area contributed by atoms with Crippen LogP contribution in [0.2, 0.25) is 0 Å². The third kappa shape index (κ3) is 4.72. The van der Waals surface area contributed by atoms with E-state index in [-0.39, 0.29) is 0 Å². The largest absolute Gasteiger partial charge is 0.370 e. The Kier molecular flexibility index (Phi) is 5.11. The predicted octanol–water partition coefficient (Wildman–Crippen LogP) is 2.02. The molecule has 0 aromatic carbocycles. The smallest absolute Gasteiger partial charge is 0.125 e. The minimum atomic E-state index is -0.695. The molecule has 0 radical (unpaired) electrons. The quantitative estimate of drug-likeness (QED) is 0.837. The highest BCUT2D eigenvalue weighted by atomic mass is 79.9. The van der Waals surface area contributed by atoms with Gasteiger partial charge in [-0.1, -0.05) is 0 Å². The van der Waals surface area contributed by atoms with E-state index in [0.29, 0.717) is 0 Å². The molecule has 3 nitrogen and oxygen atoms in total. The maximum Gasteiger partial charge on any atom is 0.125 e. The highest BCUT2D eigenvalue weighted by Crippen LogP contribution is 2.10. The van der Waals surface area contributed by atoms with Gasteiger partial charge in [-0.2, -0.15) is 0 Å². The van der Waals surface area contributed by atoms with Crippen LogP contribution in [-0.4, -0.2) is 27.7 Å². The van der Waals surface area contributed by atoms with Gasteiger partial charge in [0, 0.05) is 40.0 Å². The van der Waals surface area contributed by atoms with Gasteiger partial charge in [0.1, 0.15) is 5.82 Å². The number of halogens is 1. The van der Waals surface area contributed by atoms with E-state index in [1.807, 2.05) is 12.1 Å². The predicted molar refractivity (Wildman–Crippen MR) is 64.0 cm³/mol. The first-order valence-corrected chi connectivity index (χ1v) is 6.86. The average molecular weight is 277 g/mol. The molecule has 0 spiro atoms. The molecule has 0 amide bonds. The summed E-state index contributed by atoms with van der Waals surface area (Å²) in [5.41, 5.74) is 0. The molecule has 1 rings (SSSR count). The maximum absolute atomic E-state index is 10.8. The van der Waals surface area contributed by atoms with Crippen LogP contribution in [0.5, 0.6) is 0 Å². The molecule has 0 bridgehead atoms. The lowest BCUT2D eigenvalue weighted by atomic mass is 10.4. The Labute approximate surface area is 94.9 Å². The Balaban J connectivity index is 2.25. The number of aromatic nitrogens is 1. The summed E-state index contributed by atoms with van der Waals surface area (Å²) in [5.74, 6) is 1.60. The van der Waals surface area contributed by atoms with Gasteiger partial charge in [0.2, 0.25) is 0 Å². The van der Waals surface area contributed by atoms with Gasteiger partial charge in [0.15, 0.2) is 0 Å². The number of pyridine rings is 1. The molecule has 78 valence electrons. The Bertz CT molecular complexity index is 302. The number of rotatable bonds is 5. The van der Waals surface area contributed by atoms with Crippen molar-refractivity contribution in [1.29, 1.82) is 0 Å². The lowest BCUT2D eigenvalue weighted by Gasteiger charge is -2.03. The van der Waals surface area contributed by atoms with E-state index in [1.165, 1.54) is 0 Å². The van der Waals surface area contributed by atoms with Gasteiger partial charge in [-0.15, -0.1) is 0 Å². The first kappa shape index (κ1) is 11.7. The van der Waals surface area contributed by atoms with E-state index in [0.717, 1.165) is 29.0 Å². The number of nitrogens with zero attached hydrogens (tertiary/aromatic N) is 1. The zero-order valence-electron chi connectivity index (χ0n) is 8.00. The van der Waals surface area contributed by atoms with Crippen LogP contribution in [0.1, 0.15) is 6.42 Å². The summed E-state index contributed by atoms with van der Waals surface area (Å²) in [6.45, 7) is 0.814. The molecule has 0 fully saturated rings. The SMILES string of the molecule is CS(=O)CCCNc1ccc(Br)cn1. The molecule has 1 N–H and O–H groups in total. The normalized spacial score (nSPS) is 12.4. The van der Waals surface area contributed by atoms with Gasteiger partial charge in [-0.3, -0.25) is 4.21 Å². The van der Waals surface area contributed by atoms with E-state index in [9.17, 15) is 4.21 Å². The number of hydrogen-bond acceptors (Lipinski definition) is 3. The van der Waals surface area contributed by atoms with E-state index >= 15 is 0 Å². The van der Waals surface area contributed by atoms with Crippen molar-refractivity contribution in [2.24, 2.45) is 0 Å². The van der Waals surface area contributed by atoms with Crippen molar-refractivity contribution in [3.63, 3.8) is 0 Å². The zero-order valence-corrected chi connectivity index (χ0v) is 10.4. The fourth-order valence-electron chi connectivity index (χ4n) is 0.972. The van der Waals surface area contributed by atoms with E-state index in [1.54, 1.807) is 12.5 Å². The third-order valence-electron chi connectivity index (χ3n) is 1.64. The monoisotopic (exact) mass is 276 g/mol. The van der Waals surface area contributed by atoms with Crippen molar-refractivity contribution >= 4 is 32.5 Å². The highest BCUT2D eigenvalue weighted by molar-refractivity contribution is 9.10. The summed E-state index contributed by atoms with van der Waals surface area (Å²) in [7, 11) is -0.695. The summed E-state index contributed by atoms with van der Waals surface area (Å²) < 4.78 is 11.7. The summed E-state index contributed by atoms with van der Waals surface area (Å²) in [4.78, 5) is 4.16. The lowest BCUT2D eigenvalue weighted by molar-refractivity contribution is 0.685. The maximum atomic E-state index is 10.8. The molecule has 0 aliphatic heterocycles. The van der Waals surface area contributed by atoms with Crippen LogP contribution in [0.3, 0.4) is 0 Å². The van der Waals surface area contributed by atoms with Gasteiger partial charge in [-0.05, 0) is 34.5 Å². The molecule has 14 heavy (non-hydrogen) atoms. The van der Waals surface area contributed by atoms with Gasteiger partial charge < -0.3 is 5.32 Å². The second-order valence-corrected chi connectivity index (χ2v) is 5.39. The van der Waals surface area contributed by atoms with Crippen molar-refractivity contribution in [3.8, 4) is 0 Å². The summed E-state index contributed by atoms with van der Waals surface area (Å²) in [6, 6.07) is 3.85. The fourth-order valence-corrected chi connectivity index (χ4v) is 1.76. The van der Waals surface area contributed by atoms with E-state index < -0.39 is 10.8 Å². The summed E-state index contributed by atoms with van der Waals surface area (Å²) in [6.07, 6.45) is 4.37. The van der Waals surface area contributed by atoms with Gasteiger partial charge in [0.05, 0.1) is 0 Å². The van der Waals surface area contributed by atoms with Crippen molar-refractivity contribution in [2.75, 3.05) is 23.9 Å². The average Bonchev–Trinajstić information content (AvgIpc) is 2.15. The van der Waals surface area contributed by atoms with Crippen LogP contribution in [0.25, 0.3) is 0 Å². The first-order chi connectivity index (χ1) is 6.68. The minimum Gasteiger partial charge on any atom is -0.370 e. The molecule has 5 heteroatoms. The minimum absolute atomic E-state index is 0.695. The molecular weight excluding hydrogens is 264 g/mol. The Hall–Kier alpha value is -0.420. The van der Waals surface area contributed by atoms with Gasteiger partial charge in [0.25, 0.3) is 0 Å². The first-order valence-electron chi connectivity index (χ1n) is 4.34. The molecule has 1 atom stereocenters. The number of anilines is 1. The van der Waals surface area contributed by atoms with Crippen LogP contribution >= 0.6 is 15.9 Å². The highest BCUT2D eigenvalue weighted by Gasteiger charge is 1.94. The van der Waals surface area contributed by atoms with Crippen molar-refractivity contribution < 1.29 is 4.21 Å². The Morgan fingerprint density at radius 2 is 2.36 bits per heavy atom. The van der Waals surface area contributed by atoms with Crippen LogP contribution < -0.4 is 5.32 Å². The zero-order chi connectivity index (χ0) is 10.4. The number of nitrogens with one attached hydrogen (secondary N) is 1.